The number of hydrogen-bond acceptors (Lipinski definition) is 4. The van der Waals surface area contributed by atoms with Crippen molar-refractivity contribution < 1.29 is 63.0 Å². The van der Waals surface area contributed by atoms with Crippen molar-refractivity contribution in [1.29, 1.82) is 0 Å². The summed E-state index contributed by atoms with van der Waals surface area (Å²) in [5.41, 5.74) is -3.38. The van der Waals surface area contributed by atoms with Gasteiger partial charge in [0, 0.05) is 0 Å². The summed E-state index contributed by atoms with van der Waals surface area (Å²) < 4.78 is 140. The molecular weight excluding hydrogens is 498 g/mol. The summed E-state index contributed by atoms with van der Waals surface area (Å²) in [6.45, 7) is -1.74. The molecule has 0 unspecified atom stereocenters. The Morgan fingerprint density at radius 1 is 0.500 bits per heavy atom. The second-order valence-electron chi connectivity index (χ2n) is 5.65. The molecule has 16 heteroatoms. The van der Waals surface area contributed by atoms with Gasteiger partial charge in [-0.3, -0.25) is 10.6 Å². The normalized spacial score (nSPS) is 10.3. The van der Waals surface area contributed by atoms with Gasteiger partial charge >= 0.3 is 12.2 Å². The van der Waals surface area contributed by atoms with Gasteiger partial charge in [-0.05, 0) is 0 Å². The van der Waals surface area contributed by atoms with Crippen LogP contribution in [-0.4, -0.2) is 25.4 Å². The van der Waals surface area contributed by atoms with Crippen LogP contribution in [0.5, 0.6) is 0 Å². The van der Waals surface area contributed by atoms with Gasteiger partial charge in [-0.1, -0.05) is 11.8 Å². The quantitative estimate of drug-likeness (QED) is 0.270. The van der Waals surface area contributed by atoms with Crippen LogP contribution < -0.4 is 10.6 Å². The van der Waals surface area contributed by atoms with E-state index in [0.29, 0.717) is 0 Å². The lowest BCUT2D eigenvalue weighted by Crippen LogP contribution is -2.18. The number of halogens is 10. The number of carbonyl (C=O) groups excluding carboxylic acids is 2. The van der Waals surface area contributed by atoms with Crippen LogP contribution in [0.2, 0.25) is 0 Å². The molecule has 0 heterocycles. The van der Waals surface area contributed by atoms with E-state index in [4.69, 9.17) is 0 Å². The minimum atomic E-state index is -2.45. The fourth-order valence-electron chi connectivity index (χ4n) is 2.01. The summed E-state index contributed by atoms with van der Waals surface area (Å²) in [5.74, 6) is -19.6. The molecule has 2 aromatic carbocycles. The van der Waals surface area contributed by atoms with Crippen molar-refractivity contribution in [2.75, 3.05) is 23.8 Å². The molecular formula is C18H6F10N2O4. The highest BCUT2D eigenvalue weighted by atomic mass is 19.2. The average molecular weight is 504 g/mol. The van der Waals surface area contributed by atoms with Crippen molar-refractivity contribution in [2.24, 2.45) is 0 Å². The average Bonchev–Trinajstić information content (AvgIpc) is 2.81. The second-order valence-corrected chi connectivity index (χ2v) is 5.65. The molecule has 2 N–H and O–H groups in total. The summed E-state index contributed by atoms with van der Waals surface area (Å²) >= 11 is 0. The minimum Gasteiger partial charge on any atom is -0.436 e. The van der Waals surface area contributed by atoms with Gasteiger partial charge in [0.25, 0.3) is 0 Å². The van der Waals surface area contributed by atoms with Crippen LogP contribution in [0.1, 0.15) is 0 Å². The first-order chi connectivity index (χ1) is 15.9. The predicted octanol–water partition coefficient (Wildman–Crippen LogP) is 4.88. The van der Waals surface area contributed by atoms with E-state index in [2.05, 4.69) is 9.47 Å². The van der Waals surface area contributed by atoms with Crippen LogP contribution in [0.25, 0.3) is 0 Å². The lowest BCUT2D eigenvalue weighted by molar-refractivity contribution is 0.172. The molecule has 0 saturated heterocycles. The van der Waals surface area contributed by atoms with Crippen LogP contribution in [0.15, 0.2) is 0 Å². The van der Waals surface area contributed by atoms with Crippen LogP contribution in [0, 0.1) is 70.0 Å². The molecule has 0 bridgehead atoms. The molecule has 6 nitrogen and oxygen atoms in total. The van der Waals surface area contributed by atoms with Crippen molar-refractivity contribution in [3.63, 3.8) is 0 Å². The first-order valence-corrected chi connectivity index (χ1v) is 8.24. The Morgan fingerprint density at radius 2 is 0.735 bits per heavy atom. The first kappa shape index (κ1) is 26.1. The third kappa shape index (κ3) is 5.42. The molecule has 0 radical (unpaired) electrons. The summed E-state index contributed by atoms with van der Waals surface area (Å²) in [6, 6.07) is 0. The first-order valence-electron chi connectivity index (χ1n) is 8.24. The van der Waals surface area contributed by atoms with Crippen LogP contribution in [-0.2, 0) is 9.47 Å². The van der Waals surface area contributed by atoms with Gasteiger partial charge < -0.3 is 9.47 Å². The van der Waals surface area contributed by atoms with Gasteiger partial charge in [0.15, 0.2) is 59.8 Å². The van der Waals surface area contributed by atoms with E-state index in [9.17, 15) is 53.5 Å². The van der Waals surface area contributed by atoms with Gasteiger partial charge in [-0.15, -0.1) is 0 Å². The molecule has 0 aliphatic heterocycles. The molecule has 0 aromatic heterocycles. The number of rotatable bonds is 4. The number of amides is 2. The van der Waals surface area contributed by atoms with E-state index < -0.39 is 94.9 Å². The lowest BCUT2D eigenvalue weighted by atomic mass is 10.2. The third-order valence-corrected chi connectivity index (χ3v) is 3.55. The lowest BCUT2D eigenvalue weighted by Gasteiger charge is -2.09. The summed E-state index contributed by atoms with van der Waals surface area (Å²) in [4.78, 5) is 22.8. The Labute approximate surface area is 181 Å². The molecule has 0 spiro atoms. The fourth-order valence-corrected chi connectivity index (χ4v) is 2.01. The van der Waals surface area contributed by atoms with Gasteiger partial charge in [0.05, 0.1) is 0 Å². The van der Waals surface area contributed by atoms with Crippen molar-refractivity contribution in [3.05, 3.63) is 58.2 Å². The molecule has 2 rings (SSSR count). The smallest absolute Gasteiger partial charge is 0.412 e. The van der Waals surface area contributed by atoms with Gasteiger partial charge in [-0.25, -0.2) is 53.5 Å². The zero-order chi connectivity index (χ0) is 25.7. The molecule has 0 aliphatic rings. The predicted molar refractivity (Wildman–Crippen MR) is 90.2 cm³/mol. The van der Waals surface area contributed by atoms with Crippen LogP contribution >= 0.6 is 0 Å². The minimum absolute atomic E-state index is 0.871. The molecule has 34 heavy (non-hydrogen) atoms. The number of ether oxygens (including phenoxy) is 2. The number of benzene rings is 2. The molecule has 2 aromatic rings. The maximum atomic E-state index is 13.4. The van der Waals surface area contributed by atoms with E-state index in [1.54, 1.807) is 0 Å². The van der Waals surface area contributed by atoms with Crippen LogP contribution in [0.3, 0.4) is 0 Å². The Balaban J connectivity index is 1.87. The zero-order valence-corrected chi connectivity index (χ0v) is 15.8. The maximum Gasteiger partial charge on any atom is 0.412 e. The van der Waals surface area contributed by atoms with E-state index in [0.717, 1.165) is 0 Å². The zero-order valence-electron chi connectivity index (χ0n) is 15.8. The Bertz CT molecular complexity index is 1080. The van der Waals surface area contributed by atoms with Crippen molar-refractivity contribution in [2.45, 2.75) is 0 Å². The number of nitrogens with one attached hydrogen (secondary N) is 2. The summed E-state index contributed by atoms with van der Waals surface area (Å²) in [6.07, 6.45) is -3.38. The van der Waals surface area contributed by atoms with E-state index >= 15 is 0 Å². The monoisotopic (exact) mass is 504 g/mol. The maximum absolute atomic E-state index is 13.4. The highest BCUT2D eigenvalue weighted by Gasteiger charge is 2.28. The second kappa shape index (κ2) is 10.6. The van der Waals surface area contributed by atoms with Gasteiger partial charge in [0.1, 0.15) is 11.4 Å². The highest BCUT2D eigenvalue weighted by molar-refractivity contribution is 5.85. The van der Waals surface area contributed by atoms with Crippen molar-refractivity contribution in [1.82, 2.24) is 0 Å². The molecule has 0 fully saturated rings. The van der Waals surface area contributed by atoms with E-state index in [-0.39, 0.29) is 0 Å². The SMILES string of the molecule is O=C(Nc1c(F)c(F)c(F)c(F)c1F)OCC#CCOC(=O)Nc1c(F)c(F)c(F)c(F)c1F. The Hall–Kier alpha value is -4.16. The summed E-state index contributed by atoms with van der Waals surface area (Å²) in [5, 5.41) is 2.53. The Morgan fingerprint density at radius 3 is 1.00 bits per heavy atom. The topological polar surface area (TPSA) is 76.7 Å². The third-order valence-electron chi connectivity index (χ3n) is 3.55. The van der Waals surface area contributed by atoms with Gasteiger partial charge in [-0.2, -0.15) is 0 Å². The van der Waals surface area contributed by atoms with Gasteiger partial charge in [0.2, 0.25) is 11.6 Å². The summed E-state index contributed by atoms with van der Waals surface area (Å²) in [7, 11) is 0. The van der Waals surface area contributed by atoms with Crippen molar-refractivity contribution >= 4 is 23.6 Å². The molecule has 0 aliphatic carbocycles. The number of anilines is 2. The van der Waals surface area contributed by atoms with E-state index in [1.165, 1.54) is 10.6 Å². The number of hydrogen-bond donors (Lipinski definition) is 2. The standard InChI is InChI=1S/C18H6F10N2O4/c19-5-7(21)11(25)15(12(26)8(5)22)29-17(31)33-3-1-2-4-34-18(32)30-16-13(27)9(23)6(20)10(24)14(16)28/h3-4H2,(H,29,31)(H,30,32). The molecule has 0 atom stereocenters. The van der Waals surface area contributed by atoms with Crippen molar-refractivity contribution in [3.8, 4) is 11.8 Å². The van der Waals surface area contributed by atoms with E-state index in [1.807, 2.05) is 11.8 Å². The van der Waals surface area contributed by atoms with Crippen LogP contribution in [0.4, 0.5) is 64.9 Å². The largest absolute Gasteiger partial charge is 0.436 e. The fraction of sp³-hybridized carbons (Fsp3) is 0.111. The highest BCUT2D eigenvalue weighted by Crippen LogP contribution is 2.28. The molecule has 2 amide bonds. The molecule has 0 saturated carbocycles. The molecule has 182 valence electrons. The number of carbonyl (C=O) groups is 2. The Kier molecular flexibility index (Phi) is 8.16.